The van der Waals surface area contributed by atoms with Crippen molar-refractivity contribution >= 4 is 11.9 Å². The summed E-state index contributed by atoms with van der Waals surface area (Å²) in [6.07, 6.45) is 1.89. The largest absolute Gasteiger partial charge is 0.480 e. The molecule has 0 aromatic carbocycles. The number of nitrogens with zero attached hydrogens (tertiary/aromatic N) is 2. The molecule has 1 amide bonds. The van der Waals surface area contributed by atoms with Gasteiger partial charge in [-0.15, -0.1) is 0 Å². The van der Waals surface area contributed by atoms with E-state index in [4.69, 9.17) is 5.11 Å². The van der Waals surface area contributed by atoms with Gasteiger partial charge in [-0.25, -0.2) is 4.79 Å². The maximum absolute atomic E-state index is 12.2. The Hall–Kier alpha value is -1.85. The van der Waals surface area contributed by atoms with E-state index in [-0.39, 0.29) is 17.9 Å². The summed E-state index contributed by atoms with van der Waals surface area (Å²) < 4.78 is 1.74. The maximum atomic E-state index is 12.2. The van der Waals surface area contributed by atoms with Crippen LogP contribution in [0.4, 0.5) is 0 Å². The molecule has 1 heterocycles. The molecule has 0 saturated carbocycles. The topological polar surface area (TPSA) is 84.2 Å². The quantitative estimate of drug-likeness (QED) is 0.835. The SMILES string of the molecule is Cc1c(C(=O)NC(CC(C)C)C(=O)O)cnn1C(C)C. The monoisotopic (exact) mass is 281 g/mol. The summed E-state index contributed by atoms with van der Waals surface area (Å²) in [4.78, 5) is 23.3. The molecular weight excluding hydrogens is 258 g/mol. The maximum Gasteiger partial charge on any atom is 0.326 e. The van der Waals surface area contributed by atoms with Crippen LogP contribution in [0.5, 0.6) is 0 Å². The lowest BCUT2D eigenvalue weighted by atomic mass is 10.0. The molecule has 0 aliphatic carbocycles. The van der Waals surface area contributed by atoms with E-state index < -0.39 is 12.0 Å². The summed E-state index contributed by atoms with van der Waals surface area (Å²) in [5.41, 5.74) is 1.17. The molecule has 0 fully saturated rings. The molecule has 1 aromatic rings. The van der Waals surface area contributed by atoms with E-state index in [2.05, 4.69) is 10.4 Å². The van der Waals surface area contributed by atoms with Crippen molar-refractivity contribution in [3.63, 3.8) is 0 Å². The van der Waals surface area contributed by atoms with Crippen molar-refractivity contribution in [2.75, 3.05) is 0 Å². The normalized spacial score (nSPS) is 12.8. The minimum Gasteiger partial charge on any atom is -0.480 e. The molecule has 1 atom stereocenters. The number of rotatable bonds is 6. The summed E-state index contributed by atoms with van der Waals surface area (Å²) in [5, 5.41) is 15.9. The van der Waals surface area contributed by atoms with Crippen molar-refractivity contribution in [1.29, 1.82) is 0 Å². The molecule has 0 saturated heterocycles. The Bertz CT molecular complexity index is 492. The lowest BCUT2D eigenvalue weighted by Crippen LogP contribution is -2.41. The van der Waals surface area contributed by atoms with Crippen molar-refractivity contribution in [3.05, 3.63) is 17.5 Å². The average Bonchev–Trinajstić information content (AvgIpc) is 2.69. The Morgan fingerprint density at radius 2 is 1.95 bits per heavy atom. The van der Waals surface area contributed by atoms with Gasteiger partial charge in [0.05, 0.1) is 11.8 Å². The van der Waals surface area contributed by atoms with Gasteiger partial charge in [0, 0.05) is 11.7 Å². The first-order chi connectivity index (χ1) is 9.23. The van der Waals surface area contributed by atoms with E-state index in [9.17, 15) is 9.59 Å². The molecule has 6 heteroatoms. The highest BCUT2D eigenvalue weighted by Gasteiger charge is 2.24. The minimum atomic E-state index is -1.01. The number of carboxylic acids is 1. The first kappa shape index (κ1) is 16.2. The van der Waals surface area contributed by atoms with Crippen LogP contribution in [0, 0.1) is 12.8 Å². The van der Waals surface area contributed by atoms with E-state index in [1.165, 1.54) is 6.20 Å². The van der Waals surface area contributed by atoms with Crippen LogP contribution in [0.25, 0.3) is 0 Å². The standard InChI is InChI=1S/C14H23N3O3/c1-8(2)6-12(14(19)20)16-13(18)11-7-15-17(9(3)4)10(11)5/h7-9,12H,6H2,1-5H3,(H,16,18)(H,19,20). The third-order valence-electron chi connectivity index (χ3n) is 3.09. The molecule has 2 N–H and O–H groups in total. The van der Waals surface area contributed by atoms with Gasteiger partial charge < -0.3 is 10.4 Å². The smallest absolute Gasteiger partial charge is 0.326 e. The Morgan fingerprint density at radius 3 is 2.35 bits per heavy atom. The van der Waals surface area contributed by atoms with Crippen molar-refractivity contribution in [3.8, 4) is 0 Å². The summed E-state index contributed by atoms with van der Waals surface area (Å²) in [5.74, 6) is -1.21. The molecule has 0 spiro atoms. The van der Waals surface area contributed by atoms with E-state index in [1.54, 1.807) is 11.6 Å². The number of hydrogen-bond donors (Lipinski definition) is 2. The highest BCUT2D eigenvalue weighted by molar-refractivity contribution is 5.97. The van der Waals surface area contributed by atoms with Crippen LogP contribution >= 0.6 is 0 Å². The van der Waals surface area contributed by atoms with E-state index >= 15 is 0 Å². The third kappa shape index (κ3) is 3.82. The van der Waals surface area contributed by atoms with Gasteiger partial charge in [0.15, 0.2) is 0 Å². The molecule has 1 aromatic heterocycles. The molecule has 0 radical (unpaired) electrons. The number of aliphatic carboxylic acids is 1. The number of carbonyl (C=O) groups excluding carboxylic acids is 1. The van der Waals surface area contributed by atoms with Crippen LogP contribution in [0.1, 0.15) is 56.2 Å². The fraction of sp³-hybridized carbons (Fsp3) is 0.643. The molecule has 0 bridgehead atoms. The minimum absolute atomic E-state index is 0.155. The second-order valence-corrected chi connectivity index (χ2v) is 5.68. The van der Waals surface area contributed by atoms with Gasteiger partial charge >= 0.3 is 5.97 Å². The number of carbonyl (C=O) groups is 2. The summed E-state index contributed by atoms with van der Waals surface area (Å²) in [6.45, 7) is 9.59. The van der Waals surface area contributed by atoms with Gasteiger partial charge in [0.1, 0.15) is 6.04 Å². The first-order valence-corrected chi connectivity index (χ1v) is 6.81. The Kier molecular flexibility index (Phi) is 5.30. The van der Waals surface area contributed by atoms with Crippen LogP contribution in [0.2, 0.25) is 0 Å². The lowest BCUT2D eigenvalue weighted by Gasteiger charge is -2.16. The zero-order chi connectivity index (χ0) is 15.4. The van der Waals surface area contributed by atoms with Crippen molar-refractivity contribution < 1.29 is 14.7 Å². The average molecular weight is 281 g/mol. The van der Waals surface area contributed by atoms with Crippen LogP contribution < -0.4 is 5.32 Å². The van der Waals surface area contributed by atoms with E-state index in [0.29, 0.717) is 12.0 Å². The second kappa shape index (κ2) is 6.54. The van der Waals surface area contributed by atoms with Crippen molar-refractivity contribution in [2.45, 2.75) is 53.1 Å². The second-order valence-electron chi connectivity index (χ2n) is 5.68. The van der Waals surface area contributed by atoms with Crippen LogP contribution in [-0.4, -0.2) is 32.8 Å². The predicted octanol–water partition coefficient (Wildman–Crippen LogP) is 2.00. The Labute approximate surface area is 119 Å². The van der Waals surface area contributed by atoms with Gasteiger partial charge in [-0.1, -0.05) is 13.8 Å². The molecule has 1 rings (SSSR count). The van der Waals surface area contributed by atoms with Crippen LogP contribution in [0.3, 0.4) is 0 Å². The Morgan fingerprint density at radius 1 is 1.35 bits per heavy atom. The predicted molar refractivity (Wildman–Crippen MR) is 75.7 cm³/mol. The number of amides is 1. The fourth-order valence-corrected chi connectivity index (χ4v) is 2.10. The highest BCUT2D eigenvalue weighted by Crippen LogP contribution is 2.13. The summed E-state index contributed by atoms with van der Waals surface area (Å²) >= 11 is 0. The van der Waals surface area contributed by atoms with Crippen molar-refractivity contribution in [2.24, 2.45) is 5.92 Å². The highest BCUT2D eigenvalue weighted by atomic mass is 16.4. The van der Waals surface area contributed by atoms with E-state index in [0.717, 1.165) is 5.69 Å². The van der Waals surface area contributed by atoms with E-state index in [1.807, 2.05) is 27.7 Å². The zero-order valence-electron chi connectivity index (χ0n) is 12.7. The fourth-order valence-electron chi connectivity index (χ4n) is 2.10. The van der Waals surface area contributed by atoms with Gasteiger partial charge in [-0.3, -0.25) is 9.48 Å². The molecular formula is C14H23N3O3. The third-order valence-corrected chi connectivity index (χ3v) is 3.09. The first-order valence-electron chi connectivity index (χ1n) is 6.81. The van der Waals surface area contributed by atoms with Gasteiger partial charge in [-0.05, 0) is 33.1 Å². The summed E-state index contributed by atoms with van der Waals surface area (Å²) in [6, 6.07) is -0.716. The molecule has 112 valence electrons. The molecule has 0 aliphatic rings. The van der Waals surface area contributed by atoms with Gasteiger partial charge in [0.2, 0.25) is 0 Å². The van der Waals surface area contributed by atoms with Gasteiger partial charge in [-0.2, -0.15) is 5.10 Å². The zero-order valence-corrected chi connectivity index (χ0v) is 12.7. The number of aromatic nitrogens is 2. The summed E-state index contributed by atoms with van der Waals surface area (Å²) in [7, 11) is 0. The number of hydrogen-bond acceptors (Lipinski definition) is 3. The van der Waals surface area contributed by atoms with Crippen LogP contribution in [0.15, 0.2) is 6.20 Å². The molecule has 0 aliphatic heterocycles. The molecule has 1 unspecified atom stereocenters. The Balaban J connectivity index is 2.87. The molecule has 20 heavy (non-hydrogen) atoms. The lowest BCUT2D eigenvalue weighted by molar-refractivity contribution is -0.139. The van der Waals surface area contributed by atoms with Crippen LogP contribution in [-0.2, 0) is 4.79 Å². The number of carboxylic acid groups (broad SMARTS) is 1. The molecule has 6 nitrogen and oxygen atoms in total. The van der Waals surface area contributed by atoms with Crippen molar-refractivity contribution in [1.82, 2.24) is 15.1 Å². The number of nitrogens with one attached hydrogen (secondary N) is 1. The van der Waals surface area contributed by atoms with Gasteiger partial charge in [0.25, 0.3) is 5.91 Å².